The predicted octanol–water partition coefficient (Wildman–Crippen LogP) is 3.42. The van der Waals surface area contributed by atoms with Gasteiger partial charge in [-0.25, -0.2) is 4.39 Å². The molecule has 0 spiro atoms. The first-order valence-electron chi connectivity index (χ1n) is 6.35. The molecule has 0 amide bonds. The highest BCUT2D eigenvalue weighted by atomic mass is 19.1. The molecule has 0 aliphatic carbocycles. The second-order valence-corrected chi connectivity index (χ2v) is 4.40. The molecule has 1 N–H and O–H groups in total. The van der Waals surface area contributed by atoms with Gasteiger partial charge in [0.1, 0.15) is 23.9 Å². The van der Waals surface area contributed by atoms with Crippen LogP contribution in [0.15, 0.2) is 34.9 Å². The molecule has 2 aromatic rings. The largest absolute Gasteiger partial charge is 0.486 e. The first-order chi connectivity index (χ1) is 9.19. The maximum Gasteiger partial charge on any atom is 0.146 e. The second kappa shape index (κ2) is 6.38. The average Bonchev–Trinajstić information content (AvgIpc) is 2.86. The third-order valence-electron chi connectivity index (χ3n) is 2.81. The van der Waals surface area contributed by atoms with Crippen molar-refractivity contribution in [3.05, 3.63) is 53.2 Å². The van der Waals surface area contributed by atoms with Crippen molar-refractivity contribution in [2.45, 2.75) is 27.0 Å². The molecule has 0 aliphatic rings. The van der Waals surface area contributed by atoms with Gasteiger partial charge in [0, 0.05) is 18.2 Å². The fraction of sp³-hybridized carbons (Fsp3) is 0.333. The molecule has 0 radical (unpaired) electrons. The number of ether oxygens (including phenoxy) is 1. The van der Waals surface area contributed by atoms with Gasteiger partial charge in [0.2, 0.25) is 0 Å². The lowest BCUT2D eigenvalue weighted by Gasteiger charge is -2.05. The molecular formula is C15H18FNO2. The van der Waals surface area contributed by atoms with E-state index in [-0.39, 0.29) is 5.82 Å². The molecular weight excluding hydrogens is 245 g/mol. The Balaban J connectivity index is 1.91. The van der Waals surface area contributed by atoms with Crippen LogP contribution in [-0.4, -0.2) is 6.54 Å². The maximum absolute atomic E-state index is 13.3. The van der Waals surface area contributed by atoms with Crippen molar-refractivity contribution in [1.82, 2.24) is 5.32 Å². The molecule has 19 heavy (non-hydrogen) atoms. The molecule has 1 aromatic carbocycles. The van der Waals surface area contributed by atoms with Crippen LogP contribution in [0.5, 0.6) is 5.75 Å². The van der Waals surface area contributed by atoms with Crippen molar-refractivity contribution in [2.24, 2.45) is 0 Å². The fourth-order valence-electron chi connectivity index (χ4n) is 1.68. The minimum absolute atomic E-state index is 0.259. The van der Waals surface area contributed by atoms with Crippen molar-refractivity contribution in [1.29, 1.82) is 0 Å². The Bertz CT molecular complexity index is 537. The number of nitrogens with one attached hydrogen (secondary N) is 1. The van der Waals surface area contributed by atoms with Crippen LogP contribution in [0, 0.1) is 12.7 Å². The smallest absolute Gasteiger partial charge is 0.146 e. The zero-order chi connectivity index (χ0) is 13.7. The second-order valence-electron chi connectivity index (χ2n) is 4.40. The van der Waals surface area contributed by atoms with Crippen LogP contribution in [0.2, 0.25) is 0 Å². The summed E-state index contributed by atoms with van der Waals surface area (Å²) >= 11 is 0. The number of rotatable bonds is 6. The van der Waals surface area contributed by atoms with Crippen molar-refractivity contribution in [2.75, 3.05) is 6.54 Å². The van der Waals surface area contributed by atoms with Gasteiger partial charge in [-0.2, -0.15) is 0 Å². The highest BCUT2D eigenvalue weighted by Gasteiger charge is 2.04. The minimum Gasteiger partial charge on any atom is -0.486 e. The average molecular weight is 263 g/mol. The van der Waals surface area contributed by atoms with Crippen LogP contribution in [0.25, 0.3) is 0 Å². The van der Waals surface area contributed by atoms with Crippen LogP contribution in [0.4, 0.5) is 4.39 Å². The van der Waals surface area contributed by atoms with Crippen molar-refractivity contribution < 1.29 is 13.5 Å². The van der Waals surface area contributed by atoms with E-state index in [0.29, 0.717) is 17.9 Å². The first kappa shape index (κ1) is 13.6. The van der Waals surface area contributed by atoms with E-state index in [4.69, 9.17) is 9.15 Å². The fourth-order valence-corrected chi connectivity index (χ4v) is 1.68. The van der Waals surface area contributed by atoms with Gasteiger partial charge in [0.15, 0.2) is 0 Å². The van der Waals surface area contributed by atoms with Gasteiger partial charge in [-0.05, 0) is 31.2 Å². The molecule has 2 rings (SSSR count). The number of hydrogen-bond donors (Lipinski definition) is 1. The number of aryl methyl sites for hydroxylation is 1. The van der Waals surface area contributed by atoms with E-state index >= 15 is 0 Å². The minimum atomic E-state index is -0.259. The van der Waals surface area contributed by atoms with Gasteiger partial charge >= 0.3 is 0 Å². The number of benzene rings is 1. The van der Waals surface area contributed by atoms with Gasteiger partial charge < -0.3 is 14.5 Å². The van der Waals surface area contributed by atoms with E-state index in [9.17, 15) is 4.39 Å². The Morgan fingerprint density at radius 3 is 2.89 bits per heavy atom. The highest BCUT2D eigenvalue weighted by Crippen LogP contribution is 2.18. The summed E-state index contributed by atoms with van der Waals surface area (Å²) in [6.07, 6.45) is 1.71. The molecule has 3 nitrogen and oxygen atoms in total. The summed E-state index contributed by atoms with van der Waals surface area (Å²) in [6, 6.07) is 6.77. The van der Waals surface area contributed by atoms with E-state index in [1.807, 2.05) is 6.07 Å². The van der Waals surface area contributed by atoms with Crippen LogP contribution in [0.3, 0.4) is 0 Å². The molecule has 1 heterocycles. The summed E-state index contributed by atoms with van der Waals surface area (Å²) in [7, 11) is 0. The third-order valence-corrected chi connectivity index (χ3v) is 2.81. The van der Waals surface area contributed by atoms with E-state index in [2.05, 4.69) is 12.2 Å². The van der Waals surface area contributed by atoms with E-state index in [1.54, 1.807) is 25.3 Å². The molecule has 0 bridgehead atoms. The zero-order valence-electron chi connectivity index (χ0n) is 11.2. The van der Waals surface area contributed by atoms with Crippen molar-refractivity contribution in [3.8, 4) is 5.75 Å². The Hall–Kier alpha value is -1.81. The molecule has 0 fully saturated rings. The summed E-state index contributed by atoms with van der Waals surface area (Å²) in [4.78, 5) is 0. The van der Waals surface area contributed by atoms with Crippen LogP contribution < -0.4 is 10.1 Å². The molecule has 1 aromatic heterocycles. The van der Waals surface area contributed by atoms with Gasteiger partial charge in [0.05, 0.1) is 6.26 Å². The van der Waals surface area contributed by atoms with Gasteiger partial charge in [-0.1, -0.05) is 13.0 Å². The van der Waals surface area contributed by atoms with Crippen LogP contribution in [0.1, 0.15) is 23.8 Å². The summed E-state index contributed by atoms with van der Waals surface area (Å²) in [6.45, 7) is 5.77. The predicted molar refractivity (Wildman–Crippen MR) is 71.6 cm³/mol. The van der Waals surface area contributed by atoms with Crippen molar-refractivity contribution >= 4 is 0 Å². The molecule has 4 heteroatoms. The number of furan rings is 1. The molecule has 0 saturated heterocycles. The standard InChI is InChI=1S/C15H18FNO2/c1-3-17-8-12-6-14(18-9-12)10-19-13-5-4-11(2)15(16)7-13/h4-7,9,17H,3,8,10H2,1-2H3. The van der Waals surface area contributed by atoms with E-state index in [1.165, 1.54) is 6.07 Å². The third kappa shape index (κ3) is 3.83. The topological polar surface area (TPSA) is 34.4 Å². The van der Waals surface area contributed by atoms with Crippen molar-refractivity contribution in [3.63, 3.8) is 0 Å². The lowest BCUT2D eigenvalue weighted by atomic mass is 10.2. The SMILES string of the molecule is CCNCc1coc(COc2ccc(C)c(F)c2)c1. The Morgan fingerprint density at radius 1 is 1.32 bits per heavy atom. The maximum atomic E-state index is 13.3. The summed E-state index contributed by atoms with van der Waals surface area (Å²) in [5, 5.41) is 3.21. The highest BCUT2D eigenvalue weighted by molar-refractivity contribution is 5.28. The Kier molecular flexibility index (Phi) is 4.58. The van der Waals surface area contributed by atoms with Gasteiger partial charge in [-0.15, -0.1) is 0 Å². The van der Waals surface area contributed by atoms with Gasteiger partial charge in [-0.3, -0.25) is 0 Å². The molecule has 0 unspecified atom stereocenters. The van der Waals surface area contributed by atoms with Crippen LogP contribution in [-0.2, 0) is 13.2 Å². The first-order valence-corrected chi connectivity index (χ1v) is 6.35. The van der Waals surface area contributed by atoms with Gasteiger partial charge in [0.25, 0.3) is 0 Å². The molecule has 102 valence electrons. The monoisotopic (exact) mass is 263 g/mol. The number of hydrogen-bond acceptors (Lipinski definition) is 3. The summed E-state index contributed by atoms with van der Waals surface area (Å²) in [5.74, 6) is 0.978. The Morgan fingerprint density at radius 2 is 2.16 bits per heavy atom. The summed E-state index contributed by atoms with van der Waals surface area (Å²) in [5.41, 5.74) is 1.69. The lowest BCUT2D eigenvalue weighted by molar-refractivity contribution is 0.269. The molecule has 0 aliphatic heterocycles. The number of halogens is 1. The van der Waals surface area contributed by atoms with E-state index in [0.717, 1.165) is 24.4 Å². The molecule has 0 saturated carbocycles. The van der Waals surface area contributed by atoms with E-state index < -0.39 is 0 Å². The zero-order valence-corrected chi connectivity index (χ0v) is 11.2. The van der Waals surface area contributed by atoms with Crippen LogP contribution >= 0.6 is 0 Å². The quantitative estimate of drug-likeness (QED) is 0.867. The summed E-state index contributed by atoms with van der Waals surface area (Å²) < 4.78 is 24.2. The normalized spacial score (nSPS) is 10.7. The Labute approximate surface area is 112 Å². The molecule has 0 atom stereocenters. The lowest BCUT2D eigenvalue weighted by Crippen LogP contribution is -2.10.